The molecule has 1 aromatic heterocycles. The van der Waals surface area contributed by atoms with Gasteiger partial charge in [0.2, 0.25) is 0 Å². The summed E-state index contributed by atoms with van der Waals surface area (Å²) in [6.45, 7) is 4.32. The Labute approximate surface area is 117 Å². The summed E-state index contributed by atoms with van der Waals surface area (Å²) in [5.41, 5.74) is 3.96. The number of rotatable bonds is 5. The van der Waals surface area contributed by atoms with Gasteiger partial charge in [0, 0.05) is 18.8 Å². The zero-order chi connectivity index (χ0) is 13.8. The lowest BCUT2D eigenvalue weighted by molar-refractivity contribution is 0.302. The van der Waals surface area contributed by atoms with Crippen molar-refractivity contribution in [3.8, 4) is 0 Å². The van der Waals surface area contributed by atoms with Crippen molar-refractivity contribution in [2.45, 2.75) is 64.8 Å². The number of aromatic nitrogens is 2. The highest BCUT2D eigenvalue weighted by Gasteiger charge is 2.20. The SMILES string of the molecule is CNC(Cc1c(C)nn(C)c1C)CC1CCCCC1. The average Bonchev–Trinajstić information content (AvgIpc) is 2.65. The summed E-state index contributed by atoms with van der Waals surface area (Å²) in [6.07, 6.45) is 9.63. The number of nitrogens with zero attached hydrogens (tertiary/aromatic N) is 2. The van der Waals surface area contributed by atoms with Gasteiger partial charge in [0.15, 0.2) is 0 Å². The molecular formula is C16H29N3. The molecule has 19 heavy (non-hydrogen) atoms. The van der Waals surface area contributed by atoms with Crippen LogP contribution in [-0.2, 0) is 13.5 Å². The Balaban J connectivity index is 1.98. The van der Waals surface area contributed by atoms with Gasteiger partial charge in [-0.1, -0.05) is 32.1 Å². The molecule has 1 heterocycles. The van der Waals surface area contributed by atoms with Crippen molar-refractivity contribution in [2.75, 3.05) is 7.05 Å². The standard InChI is InChI=1S/C16H29N3/c1-12-16(13(2)19(4)18-12)11-15(17-3)10-14-8-6-5-7-9-14/h14-15,17H,5-11H2,1-4H3. The molecule has 1 atom stereocenters. The van der Waals surface area contributed by atoms with Crippen LogP contribution in [0.25, 0.3) is 0 Å². The van der Waals surface area contributed by atoms with Crippen molar-refractivity contribution >= 4 is 0 Å². The van der Waals surface area contributed by atoms with Gasteiger partial charge in [0.1, 0.15) is 0 Å². The van der Waals surface area contributed by atoms with Crippen LogP contribution in [0.5, 0.6) is 0 Å². The monoisotopic (exact) mass is 263 g/mol. The van der Waals surface area contributed by atoms with E-state index in [0.29, 0.717) is 6.04 Å². The summed E-state index contributed by atoms with van der Waals surface area (Å²) in [7, 11) is 4.15. The van der Waals surface area contributed by atoms with Gasteiger partial charge in [-0.3, -0.25) is 4.68 Å². The highest BCUT2D eigenvalue weighted by molar-refractivity contribution is 5.25. The fourth-order valence-corrected chi connectivity index (χ4v) is 3.49. The van der Waals surface area contributed by atoms with Crippen LogP contribution in [0.3, 0.4) is 0 Å². The van der Waals surface area contributed by atoms with E-state index in [0.717, 1.165) is 12.3 Å². The average molecular weight is 263 g/mol. The van der Waals surface area contributed by atoms with E-state index in [1.54, 1.807) is 0 Å². The molecule has 1 N–H and O–H groups in total. The van der Waals surface area contributed by atoms with E-state index in [9.17, 15) is 0 Å². The lowest BCUT2D eigenvalue weighted by Gasteiger charge is -2.26. The molecule has 0 aromatic carbocycles. The van der Waals surface area contributed by atoms with Gasteiger partial charge in [0.25, 0.3) is 0 Å². The molecule has 1 aromatic rings. The van der Waals surface area contributed by atoms with Gasteiger partial charge < -0.3 is 5.32 Å². The Morgan fingerprint density at radius 3 is 2.47 bits per heavy atom. The largest absolute Gasteiger partial charge is 0.317 e. The van der Waals surface area contributed by atoms with E-state index in [4.69, 9.17) is 0 Å². The Hall–Kier alpha value is -0.830. The van der Waals surface area contributed by atoms with Crippen molar-refractivity contribution in [1.29, 1.82) is 0 Å². The van der Waals surface area contributed by atoms with Gasteiger partial charge >= 0.3 is 0 Å². The molecule has 108 valence electrons. The highest BCUT2D eigenvalue weighted by atomic mass is 15.3. The van der Waals surface area contributed by atoms with Crippen LogP contribution in [-0.4, -0.2) is 22.9 Å². The Morgan fingerprint density at radius 1 is 1.26 bits per heavy atom. The Morgan fingerprint density at radius 2 is 1.95 bits per heavy atom. The van der Waals surface area contributed by atoms with E-state index in [-0.39, 0.29) is 0 Å². The third-order valence-corrected chi connectivity index (χ3v) is 4.86. The highest BCUT2D eigenvalue weighted by Crippen LogP contribution is 2.28. The first-order valence-corrected chi connectivity index (χ1v) is 7.78. The summed E-state index contributed by atoms with van der Waals surface area (Å²) in [5.74, 6) is 0.934. The van der Waals surface area contributed by atoms with Gasteiger partial charge in [-0.2, -0.15) is 5.10 Å². The molecule has 0 amide bonds. The first-order chi connectivity index (χ1) is 9.11. The molecule has 0 saturated heterocycles. The van der Waals surface area contributed by atoms with E-state index >= 15 is 0 Å². The molecule has 3 nitrogen and oxygen atoms in total. The molecule has 0 spiro atoms. The molecule has 0 bridgehead atoms. The van der Waals surface area contributed by atoms with E-state index in [1.165, 1.54) is 55.5 Å². The maximum absolute atomic E-state index is 4.53. The van der Waals surface area contributed by atoms with Gasteiger partial charge in [-0.05, 0) is 45.2 Å². The minimum Gasteiger partial charge on any atom is -0.317 e. The van der Waals surface area contributed by atoms with Crippen molar-refractivity contribution in [3.63, 3.8) is 0 Å². The predicted octanol–water partition coefficient (Wildman–Crippen LogP) is 3.14. The summed E-state index contributed by atoms with van der Waals surface area (Å²) in [6, 6.07) is 0.602. The van der Waals surface area contributed by atoms with E-state index in [1.807, 2.05) is 11.7 Å². The molecule has 1 fully saturated rings. The smallest absolute Gasteiger partial charge is 0.0628 e. The third kappa shape index (κ3) is 3.59. The minimum absolute atomic E-state index is 0.602. The summed E-state index contributed by atoms with van der Waals surface area (Å²) in [5, 5.41) is 8.06. The van der Waals surface area contributed by atoms with Crippen LogP contribution in [0.2, 0.25) is 0 Å². The summed E-state index contributed by atoms with van der Waals surface area (Å²) in [4.78, 5) is 0. The first-order valence-electron chi connectivity index (χ1n) is 7.78. The number of hydrogen-bond acceptors (Lipinski definition) is 2. The van der Waals surface area contributed by atoms with Crippen LogP contribution < -0.4 is 5.32 Å². The van der Waals surface area contributed by atoms with Crippen molar-refractivity contribution in [2.24, 2.45) is 13.0 Å². The van der Waals surface area contributed by atoms with Crippen molar-refractivity contribution in [1.82, 2.24) is 15.1 Å². The van der Waals surface area contributed by atoms with Gasteiger partial charge in [0.05, 0.1) is 5.69 Å². The summed E-state index contributed by atoms with van der Waals surface area (Å²) < 4.78 is 2.01. The molecule has 3 heteroatoms. The maximum atomic E-state index is 4.53. The molecular weight excluding hydrogens is 234 g/mol. The number of aryl methyl sites for hydroxylation is 2. The second kappa shape index (κ2) is 6.56. The fraction of sp³-hybridized carbons (Fsp3) is 0.812. The fourth-order valence-electron chi connectivity index (χ4n) is 3.49. The van der Waals surface area contributed by atoms with Crippen LogP contribution in [0, 0.1) is 19.8 Å². The Bertz CT molecular complexity index is 402. The summed E-state index contributed by atoms with van der Waals surface area (Å²) >= 11 is 0. The molecule has 1 saturated carbocycles. The van der Waals surface area contributed by atoms with Crippen LogP contribution in [0.1, 0.15) is 55.5 Å². The Kier molecular flexibility index (Phi) is 5.03. The maximum Gasteiger partial charge on any atom is 0.0628 e. The second-order valence-corrected chi connectivity index (χ2v) is 6.20. The lowest BCUT2D eigenvalue weighted by Crippen LogP contribution is -2.31. The topological polar surface area (TPSA) is 29.9 Å². The van der Waals surface area contributed by atoms with Crippen LogP contribution in [0.4, 0.5) is 0 Å². The molecule has 1 unspecified atom stereocenters. The minimum atomic E-state index is 0.602. The van der Waals surface area contributed by atoms with Crippen molar-refractivity contribution < 1.29 is 0 Å². The first kappa shape index (κ1) is 14.6. The normalized spacial score (nSPS) is 18.7. The number of hydrogen-bond donors (Lipinski definition) is 1. The molecule has 0 aliphatic heterocycles. The zero-order valence-electron chi connectivity index (χ0n) is 13.0. The molecule has 1 aliphatic rings. The third-order valence-electron chi connectivity index (χ3n) is 4.86. The molecule has 2 rings (SSSR count). The van der Waals surface area contributed by atoms with Gasteiger partial charge in [-0.25, -0.2) is 0 Å². The second-order valence-electron chi connectivity index (χ2n) is 6.20. The predicted molar refractivity (Wildman–Crippen MR) is 80.4 cm³/mol. The quantitative estimate of drug-likeness (QED) is 0.884. The molecule has 1 aliphatic carbocycles. The lowest BCUT2D eigenvalue weighted by atomic mass is 9.83. The van der Waals surface area contributed by atoms with Crippen molar-refractivity contribution in [3.05, 3.63) is 17.0 Å². The zero-order valence-corrected chi connectivity index (χ0v) is 13.0. The van der Waals surface area contributed by atoms with Crippen LogP contribution >= 0.6 is 0 Å². The van der Waals surface area contributed by atoms with E-state index < -0.39 is 0 Å². The van der Waals surface area contributed by atoms with Gasteiger partial charge in [-0.15, -0.1) is 0 Å². The number of nitrogens with one attached hydrogen (secondary N) is 1. The number of likely N-dealkylation sites (N-methyl/N-ethyl adjacent to an activating group) is 1. The van der Waals surface area contributed by atoms with E-state index in [2.05, 4.69) is 31.3 Å². The van der Waals surface area contributed by atoms with Crippen LogP contribution in [0.15, 0.2) is 0 Å². The molecule has 0 radical (unpaired) electrons.